The van der Waals surface area contributed by atoms with Crippen LogP contribution in [0, 0.1) is 5.92 Å². The van der Waals surface area contributed by atoms with Crippen molar-refractivity contribution in [2.75, 3.05) is 27.3 Å². The molecule has 1 atom stereocenters. The highest BCUT2D eigenvalue weighted by molar-refractivity contribution is 5.44. The number of rotatable bonds is 5. The highest BCUT2D eigenvalue weighted by Crippen LogP contribution is 2.32. The molecule has 0 aliphatic carbocycles. The molecule has 2 aromatic rings. The number of likely N-dealkylation sites (tertiary alicyclic amines) is 1. The lowest BCUT2D eigenvalue weighted by atomic mass is 9.95. The maximum absolute atomic E-state index is 5.55. The van der Waals surface area contributed by atoms with Gasteiger partial charge in [-0.15, -0.1) is 5.10 Å². The first-order valence-electron chi connectivity index (χ1n) is 9.70. The highest BCUT2D eigenvalue weighted by atomic mass is 16.5. The number of hydrogen-bond acceptors (Lipinski definition) is 5. The number of tetrazole rings is 1. The smallest absolute Gasteiger partial charge is 0.214 e. The summed E-state index contributed by atoms with van der Waals surface area (Å²) in [4.78, 5) is 1.50. The Balaban J connectivity index is 2.08. The summed E-state index contributed by atoms with van der Waals surface area (Å²) in [7, 11) is 3.33. The van der Waals surface area contributed by atoms with E-state index in [9.17, 15) is 0 Å². The van der Waals surface area contributed by atoms with Gasteiger partial charge in [0, 0.05) is 5.56 Å². The van der Waals surface area contributed by atoms with Crippen LogP contribution < -0.4 is 14.4 Å². The Hall–Kier alpha value is -2.15. The van der Waals surface area contributed by atoms with Crippen molar-refractivity contribution in [2.45, 2.75) is 52.1 Å². The van der Waals surface area contributed by atoms with Crippen LogP contribution in [0.15, 0.2) is 18.2 Å². The minimum Gasteiger partial charge on any atom is -0.493 e. The number of benzene rings is 1. The van der Waals surface area contributed by atoms with Crippen LogP contribution in [0.1, 0.15) is 58.0 Å². The Morgan fingerprint density at radius 1 is 1.11 bits per heavy atom. The molecule has 1 aromatic heterocycles. The van der Waals surface area contributed by atoms with Crippen LogP contribution in [0.3, 0.4) is 0 Å². The Morgan fingerprint density at radius 2 is 1.78 bits per heavy atom. The van der Waals surface area contributed by atoms with E-state index < -0.39 is 0 Å². The summed E-state index contributed by atoms with van der Waals surface area (Å²) in [5.41, 5.74) is 0.966. The lowest BCUT2D eigenvalue weighted by Crippen LogP contribution is -3.13. The maximum Gasteiger partial charge on any atom is 0.214 e. The van der Waals surface area contributed by atoms with Gasteiger partial charge in [0.1, 0.15) is 0 Å². The Morgan fingerprint density at radius 3 is 2.37 bits per heavy atom. The minimum absolute atomic E-state index is 0.0616. The van der Waals surface area contributed by atoms with Crippen molar-refractivity contribution >= 4 is 0 Å². The summed E-state index contributed by atoms with van der Waals surface area (Å²) in [5, 5.41) is 12.8. The molecule has 7 heteroatoms. The van der Waals surface area contributed by atoms with Crippen molar-refractivity contribution in [3.8, 4) is 11.5 Å². The molecule has 3 rings (SSSR count). The zero-order valence-electron chi connectivity index (χ0n) is 17.3. The van der Waals surface area contributed by atoms with Crippen molar-refractivity contribution in [2.24, 2.45) is 5.92 Å². The highest BCUT2D eigenvalue weighted by Gasteiger charge is 2.36. The first-order valence-corrected chi connectivity index (χ1v) is 9.70. The molecule has 1 aliphatic rings. The van der Waals surface area contributed by atoms with Gasteiger partial charge in [-0.05, 0) is 68.2 Å². The summed E-state index contributed by atoms with van der Waals surface area (Å²) in [6.45, 7) is 10.9. The Kier molecular flexibility index (Phi) is 5.69. The molecular weight excluding hydrogens is 342 g/mol. The molecule has 1 aliphatic heterocycles. The van der Waals surface area contributed by atoms with E-state index in [0.717, 1.165) is 41.9 Å². The molecule has 1 fully saturated rings. The van der Waals surface area contributed by atoms with Crippen LogP contribution in [0.5, 0.6) is 11.5 Å². The van der Waals surface area contributed by atoms with Gasteiger partial charge in [-0.2, -0.15) is 0 Å². The van der Waals surface area contributed by atoms with Gasteiger partial charge < -0.3 is 14.4 Å². The van der Waals surface area contributed by atoms with Crippen molar-refractivity contribution < 1.29 is 14.4 Å². The van der Waals surface area contributed by atoms with Crippen LogP contribution in [0.25, 0.3) is 0 Å². The zero-order valence-corrected chi connectivity index (χ0v) is 17.3. The van der Waals surface area contributed by atoms with E-state index >= 15 is 0 Å². The van der Waals surface area contributed by atoms with Gasteiger partial charge in [0.25, 0.3) is 0 Å². The van der Waals surface area contributed by atoms with Crippen LogP contribution in [0.2, 0.25) is 0 Å². The fourth-order valence-electron chi connectivity index (χ4n) is 3.87. The van der Waals surface area contributed by atoms with Gasteiger partial charge in [0.05, 0.1) is 32.8 Å². The number of ether oxygens (including phenoxy) is 2. The molecule has 0 radical (unpaired) electrons. The first-order chi connectivity index (χ1) is 12.8. The second-order valence-electron chi connectivity index (χ2n) is 8.51. The molecule has 148 valence electrons. The molecule has 27 heavy (non-hydrogen) atoms. The molecule has 0 bridgehead atoms. The van der Waals surface area contributed by atoms with E-state index in [1.54, 1.807) is 14.2 Å². The third-order valence-electron chi connectivity index (χ3n) is 5.45. The summed E-state index contributed by atoms with van der Waals surface area (Å²) < 4.78 is 12.9. The average Bonchev–Trinajstić information content (AvgIpc) is 3.13. The predicted octanol–water partition coefficient (Wildman–Crippen LogP) is 1.85. The fourth-order valence-corrected chi connectivity index (χ4v) is 3.87. The molecule has 1 saturated heterocycles. The van der Waals surface area contributed by atoms with E-state index in [-0.39, 0.29) is 11.6 Å². The second-order valence-corrected chi connectivity index (χ2v) is 8.51. The van der Waals surface area contributed by atoms with Gasteiger partial charge in [-0.25, -0.2) is 4.68 Å². The van der Waals surface area contributed by atoms with Gasteiger partial charge in [-0.1, -0.05) is 6.92 Å². The van der Waals surface area contributed by atoms with Crippen LogP contribution in [-0.4, -0.2) is 47.5 Å². The number of nitrogens with one attached hydrogen (secondary N) is 1. The van der Waals surface area contributed by atoms with Crippen LogP contribution in [-0.2, 0) is 5.54 Å². The number of piperidine rings is 1. The number of hydrogen-bond donors (Lipinski definition) is 1. The lowest BCUT2D eigenvalue weighted by molar-refractivity contribution is -0.932. The average molecular weight is 375 g/mol. The molecular formula is C20H32N5O2+. The Bertz CT molecular complexity index is 760. The third kappa shape index (κ3) is 4.08. The molecule has 0 unspecified atom stereocenters. The zero-order chi connectivity index (χ0) is 19.6. The van der Waals surface area contributed by atoms with Gasteiger partial charge in [-0.3, -0.25) is 0 Å². The topological polar surface area (TPSA) is 66.5 Å². The minimum atomic E-state index is -0.184. The van der Waals surface area contributed by atoms with Crippen LogP contribution in [0.4, 0.5) is 0 Å². The lowest BCUT2D eigenvalue weighted by Gasteiger charge is -2.34. The number of aromatic nitrogens is 4. The van der Waals surface area contributed by atoms with Crippen LogP contribution >= 0.6 is 0 Å². The van der Waals surface area contributed by atoms with E-state index in [0.29, 0.717) is 0 Å². The van der Waals surface area contributed by atoms with Crippen molar-refractivity contribution in [1.29, 1.82) is 0 Å². The monoisotopic (exact) mass is 374 g/mol. The fraction of sp³-hybridized carbons (Fsp3) is 0.650. The summed E-state index contributed by atoms with van der Waals surface area (Å²) in [6, 6.07) is 6.21. The first kappa shape index (κ1) is 19.6. The van der Waals surface area contributed by atoms with Gasteiger partial charge >= 0.3 is 0 Å². The SMILES string of the molecule is COc1ccc([C@@H](c2nnnn2C(C)(C)C)[NH+]2CCC(C)CC2)cc1OC. The van der Waals surface area contributed by atoms with Gasteiger partial charge in [0.2, 0.25) is 5.82 Å². The summed E-state index contributed by atoms with van der Waals surface area (Å²) in [6.07, 6.45) is 2.44. The molecule has 7 nitrogen and oxygen atoms in total. The molecule has 2 heterocycles. The van der Waals surface area contributed by atoms with E-state index in [2.05, 4.69) is 55.4 Å². The number of quaternary nitrogens is 1. The Labute approximate surface area is 161 Å². The van der Waals surface area contributed by atoms with E-state index in [1.807, 2.05) is 10.7 Å². The molecule has 0 saturated carbocycles. The van der Waals surface area contributed by atoms with E-state index in [1.165, 1.54) is 17.7 Å². The summed E-state index contributed by atoms with van der Waals surface area (Å²) >= 11 is 0. The normalized spacial score (nSPS) is 21.7. The van der Waals surface area contributed by atoms with Crippen molar-refractivity contribution in [3.05, 3.63) is 29.6 Å². The quantitative estimate of drug-likeness (QED) is 0.865. The van der Waals surface area contributed by atoms with Crippen molar-refractivity contribution in [3.63, 3.8) is 0 Å². The summed E-state index contributed by atoms with van der Waals surface area (Å²) in [5.74, 6) is 3.15. The molecule has 1 aromatic carbocycles. The predicted molar refractivity (Wildman–Crippen MR) is 103 cm³/mol. The third-order valence-corrected chi connectivity index (χ3v) is 5.45. The second kappa shape index (κ2) is 7.84. The maximum atomic E-state index is 5.55. The van der Waals surface area contributed by atoms with Crippen molar-refractivity contribution in [1.82, 2.24) is 20.2 Å². The number of nitrogens with zero attached hydrogens (tertiary/aromatic N) is 4. The molecule has 1 N–H and O–H groups in total. The molecule has 0 amide bonds. The van der Waals surface area contributed by atoms with E-state index in [4.69, 9.17) is 9.47 Å². The standard InChI is InChI=1S/C20H31N5O2/c1-14-9-11-24(12-10-14)18(19-21-22-23-25(19)20(2,3)4)15-7-8-16(26-5)17(13-15)27-6/h7-8,13-14,18H,9-12H2,1-6H3/p+1/t18-/m0/s1. The largest absolute Gasteiger partial charge is 0.493 e. The number of methoxy groups -OCH3 is 2. The molecule has 0 spiro atoms. The van der Waals surface area contributed by atoms with Gasteiger partial charge in [0.15, 0.2) is 17.5 Å².